The van der Waals surface area contributed by atoms with Crippen molar-refractivity contribution in [2.24, 2.45) is 0 Å². The van der Waals surface area contributed by atoms with Crippen LogP contribution in [-0.4, -0.2) is 4.98 Å². The molecular formula is C40H32N2. The highest BCUT2D eigenvalue weighted by Gasteiger charge is 2.38. The molecule has 0 amide bonds. The summed E-state index contributed by atoms with van der Waals surface area (Å²) in [6.07, 6.45) is 11.8. The van der Waals surface area contributed by atoms with E-state index in [0.29, 0.717) is 5.92 Å². The van der Waals surface area contributed by atoms with E-state index in [2.05, 4.69) is 152 Å². The molecule has 2 aliphatic carbocycles. The van der Waals surface area contributed by atoms with E-state index in [1.165, 1.54) is 55.8 Å². The normalized spacial score (nSPS) is 17.8. The Morgan fingerprint density at radius 3 is 2.33 bits per heavy atom. The standard InChI is InChI=1S/C40H32N2/c1-40(2)35-19-12-24-41-39(35)42(30-15-8-4-9-16-30)37-23-21-29(26-36(37)40)28-20-22-33-34(25-28)31-17-10-5-11-18-32(31)38(33)27-13-6-3-7-14-27/h3-17,19-26,38H,18H2,1-2H3. The van der Waals surface area contributed by atoms with Gasteiger partial charge in [-0.1, -0.05) is 111 Å². The van der Waals surface area contributed by atoms with Gasteiger partial charge in [-0.3, -0.25) is 4.90 Å². The second-order valence-electron chi connectivity index (χ2n) is 12.0. The van der Waals surface area contributed by atoms with Crippen LogP contribution in [0.25, 0.3) is 16.7 Å². The molecule has 1 aliphatic heterocycles. The molecule has 0 bridgehead atoms. The summed E-state index contributed by atoms with van der Waals surface area (Å²) >= 11 is 0. The Labute approximate surface area is 248 Å². The van der Waals surface area contributed by atoms with Crippen LogP contribution >= 0.6 is 0 Å². The summed E-state index contributed by atoms with van der Waals surface area (Å²) < 4.78 is 0. The lowest BCUT2D eigenvalue weighted by Crippen LogP contribution is -2.31. The first-order valence-electron chi connectivity index (χ1n) is 14.8. The molecule has 42 heavy (non-hydrogen) atoms. The summed E-state index contributed by atoms with van der Waals surface area (Å²) in [5.41, 5.74) is 14.2. The summed E-state index contributed by atoms with van der Waals surface area (Å²) in [6, 6.07) is 39.9. The summed E-state index contributed by atoms with van der Waals surface area (Å²) in [5.74, 6) is 1.30. The molecule has 2 heteroatoms. The number of nitrogens with zero attached hydrogens (tertiary/aromatic N) is 2. The molecule has 1 atom stereocenters. The SMILES string of the molecule is CC1(C)c2cc(-c3ccc4c(c3)C3=C(CC=CC=C3)C4c3ccccc3)ccc2N(c2ccccc2)c2ncccc21. The first-order valence-corrected chi connectivity index (χ1v) is 14.8. The number of aromatic nitrogens is 1. The summed E-state index contributed by atoms with van der Waals surface area (Å²) in [7, 11) is 0. The lowest BCUT2D eigenvalue weighted by Gasteiger charge is -2.41. The van der Waals surface area contributed by atoms with Crippen LogP contribution in [-0.2, 0) is 5.41 Å². The number of pyridine rings is 1. The molecule has 2 nitrogen and oxygen atoms in total. The second-order valence-corrected chi connectivity index (χ2v) is 12.0. The van der Waals surface area contributed by atoms with E-state index in [1.807, 2.05) is 6.20 Å². The van der Waals surface area contributed by atoms with Crippen molar-refractivity contribution in [1.82, 2.24) is 4.98 Å². The minimum atomic E-state index is -0.194. The van der Waals surface area contributed by atoms with E-state index >= 15 is 0 Å². The van der Waals surface area contributed by atoms with Crippen LogP contribution in [0.3, 0.4) is 0 Å². The van der Waals surface area contributed by atoms with E-state index in [0.717, 1.165) is 17.9 Å². The zero-order valence-electron chi connectivity index (χ0n) is 24.0. The van der Waals surface area contributed by atoms with E-state index < -0.39 is 0 Å². The maximum atomic E-state index is 4.88. The summed E-state index contributed by atoms with van der Waals surface area (Å²) in [4.78, 5) is 7.19. The minimum absolute atomic E-state index is 0.194. The monoisotopic (exact) mass is 540 g/mol. The van der Waals surface area contributed by atoms with Gasteiger partial charge in [0.1, 0.15) is 5.82 Å². The van der Waals surface area contributed by atoms with Crippen molar-refractivity contribution >= 4 is 22.8 Å². The molecule has 1 unspecified atom stereocenters. The van der Waals surface area contributed by atoms with Gasteiger partial charge in [-0.15, -0.1) is 0 Å². The zero-order chi connectivity index (χ0) is 28.3. The molecule has 0 radical (unpaired) electrons. The topological polar surface area (TPSA) is 16.1 Å². The van der Waals surface area contributed by atoms with E-state index in [4.69, 9.17) is 4.98 Å². The van der Waals surface area contributed by atoms with Gasteiger partial charge in [0, 0.05) is 28.8 Å². The maximum absolute atomic E-state index is 4.88. The molecule has 3 aliphatic rings. The third-order valence-corrected chi connectivity index (χ3v) is 9.26. The smallest absolute Gasteiger partial charge is 0.141 e. The van der Waals surface area contributed by atoms with Gasteiger partial charge in [-0.2, -0.15) is 0 Å². The van der Waals surface area contributed by atoms with Gasteiger partial charge in [0.2, 0.25) is 0 Å². The molecule has 0 N–H and O–H groups in total. The van der Waals surface area contributed by atoms with Crippen LogP contribution in [0.4, 0.5) is 17.2 Å². The van der Waals surface area contributed by atoms with Crippen LogP contribution in [0, 0.1) is 0 Å². The third kappa shape index (κ3) is 3.75. The van der Waals surface area contributed by atoms with Crippen molar-refractivity contribution in [3.63, 3.8) is 0 Å². The highest BCUT2D eigenvalue weighted by atomic mass is 15.2. The number of anilines is 3. The molecule has 2 heterocycles. The molecule has 0 fully saturated rings. The van der Waals surface area contributed by atoms with Crippen LogP contribution in [0.5, 0.6) is 0 Å². The van der Waals surface area contributed by atoms with Gasteiger partial charge in [-0.05, 0) is 87.3 Å². The molecule has 1 aromatic heterocycles. The fourth-order valence-electron chi connectivity index (χ4n) is 7.19. The molecule has 0 saturated carbocycles. The Balaban J connectivity index is 1.28. The maximum Gasteiger partial charge on any atom is 0.141 e. The highest BCUT2D eigenvalue weighted by molar-refractivity contribution is 5.90. The number of fused-ring (bicyclic) bond motifs is 4. The van der Waals surface area contributed by atoms with Crippen molar-refractivity contribution in [3.05, 3.63) is 173 Å². The van der Waals surface area contributed by atoms with Gasteiger partial charge in [0.05, 0.1) is 5.69 Å². The van der Waals surface area contributed by atoms with E-state index in [9.17, 15) is 0 Å². The van der Waals surface area contributed by atoms with E-state index in [-0.39, 0.29) is 5.41 Å². The fourth-order valence-corrected chi connectivity index (χ4v) is 7.19. The van der Waals surface area contributed by atoms with Crippen LogP contribution in [0.1, 0.15) is 54.0 Å². The molecule has 202 valence electrons. The number of hydrogen-bond acceptors (Lipinski definition) is 2. The van der Waals surface area contributed by atoms with Crippen LogP contribution in [0.2, 0.25) is 0 Å². The minimum Gasteiger partial charge on any atom is -0.294 e. The predicted molar refractivity (Wildman–Crippen MR) is 175 cm³/mol. The average molecular weight is 541 g/mol. The Bertz CT molecular complexity index is 1930. The lowest BCUT2D eigenvalue weighted by molar-refractivity contribution is 0.627. The summed E-state index contributed by atoms with van der Waals surface area (Å²) in [5, 5.41) is 0. The molecular weight excluding hydrogens is 508 g/mol. The predicted octanol–water partition coefficient (Wildman–Crippen LogP) is 10.3. The zero-order valence-corrected chi connectivity index (χ0v) is 24.0. The number of hydrogen-bond donors (Lipinski definition) is 0. The lowest BCUT2D eigenvalue weighted by atomic mass is 9.74. The summed E-state index contributed by atoms with van der Waals surface area (Å²) in [6.45, 7) is 4.65. The van der Waals surface area contributed by atoms with Gasteiger partial charge in [0.15, 0.2) is 0 Å². The number of para-hydroxylation sites is 1. The Morgan fingerprint density at radius 2 is 1.50 bits per heavy atom. The second kappa shape index (κ2) is 9.56. The van der Waals surface area contributed by atoms with Crippen molar-refractivity contribution in [2.75, 3.05) is 4.90 Å². The van der Waals surface area contributed by atoms with Crippen LogP contribution in [0.15, 0.2) is 145 Å². The third-order valence-electron chi connectivity index (χ3n) is 9.26. The largest absolute Gasteiger partial charge is 0.294 e. The molecule has 8 rings (SSSR count). The van der Waals surface area contributed by atoms with Gasteiger partial charge < -0.3 is 0 Å². The number of rotatable bonds is 3. The first kappa shape index (κ1) is 24.8. The number of allylic oxidation sites excluding steroid dienone is 6. The van der Waals surface area contributed by atoms with Gasteiger partial charge in [0.25, 0.3) is 0 Å². The van der Waals surface area contributed by atoms with Crippen molar-refractivity contribution in [3.8, 4) is 11.1 Å². The van der Waals surface area contributed by atoms with Crippen LogP contribution < -0.4 is 4.90 Å². The Hall–Kier alpha value is -4.95. The molecule has 0 saturated heterocycles. The fraction of sp³-hybridized carbons (Fsp3) is 0.125. The van der Waals surface area contributed by atoms with Crippen molar-refractivity contribution < 1.29 is 0 Å². The van der Waals surface area contributed by atoms with E-state index in [1.54, 1.807) is 0 Å². The van der Waals surface area contributed by atoms with Gasteiger partial charge in [-0.25, -0.2) is 4.98 Å². The van der Waals surface area contributed by atoms with Crippen molar-refractivity contribution in [1.29, 1.82) is 0 Å². The average Bonchev–Trinajstić information content (AvgIpc) is 3.15. The Morgan fingerprint density at radius 1 is 0.738 bits per heavy atom. The van der Waals surface area contributed by atoms with Crippen molar-refractivity contribution in [2.45, 2.75) is 31.6 Å². The first-order chi connectivity index (χ1) is 20.6. The molecule has 0 spiro atoms. The number of benzene rings is 4. The molecule has 5 aromatic rings. The van der Waals surface area contributed by atoms with Gasteiger partial charge >= 0.3 is 0 Å². The molecule has 4 aromatic carbocycles. The quantitative estimate of drug-likeness (QED) is 0.226. The highest BCUT2D eigenvalue weighted by Crippen LogP contribution is 2.53. The Kier molecular flexibility index (Phi) is 5.65.